The van der Waals surface area contributed by atoms with Gasteiger partial charge in [-0.2, -0.15) is 9.64 Å². The molecule has 2 aliphatic heterocycles. The number of nitrogens with one attached hydrogen (secondary N) is 1. The summed E-state index contributed by atoms with van der Waals surface area (Å²) in [5.74, 6) is 0. The van der Waals surface area contributed by atoms with Crippen molar-refractivity contribution in [2.45, 2.75) is 37.6 Å². The van der Waals surface area contributed by atoms with Crippen LogP contribution in [0.25, 0.3) is 0 Å². The number of rotatable bonds is 4. The molecule has 1 N–H and O–H groups in total. The van der Waals surface area contributed by atoms with Gasteiger partial charge in [0.05, 0.1) is 0 Å². The average molecular weight is 341 g/mol. The van der Waals surface area contributed by atoms with E-state index in [9.17, 15) is 5.26 Å². The molecule has 0 radical (unpaired) electrons. The third-order valence-corrected chi connectivity index (χ3v) is 5.97. The molecule has 2 fully saturated rings. The quantitative estimate of drug-likeness (QED) is 0.912. The monoisotopic (exact) mass is 340 g/mol. The first-order valence-electron chi connectivity index (χ1n) is 7.87. The molecule has 0 aromatic carbocycles. The van der Waals surface area contributed by atoms with Gasteiger partial charge in [-0.3, -0.25) is 4.90 Å². The van der Waals surface area contributed by atoms with Crippen LogP contribution in [0.4, 0.5) is 5.00 Å². The summed E-state index contributed by atoms with van der Waals surface area (Å²) < 4.78 is 9.65. The van der Waals surface area contributed by atoms with E-state index in [1.54, 1.807) is 0 Å². The Hall–Kier alpha value is -0.870. The fourth-order valence-electron chi connectivity index (χ4n) is 3.46. The van der Waals surface area contributed by atoms with Crippen LogP contribution in [0, 0.1) is 11.3 Å². The normalized spacial score (nSPS) is 22.2. The highest BCUT2D eigenvalue weighted by atomic mass is 35.5. The number of hydrogen-bond donors (Lipinski definition) is 1. The van der Waals surface area contributed by atoms with Crippen molar-refractivity contribution >= 4 is 28.1 Å². The number of hydrogen-bond acceptors (Lipinski definition) is 6. The molecule has 5 nitrogen and oxygen atoms in total. The summed E-state index contributed by atoms with van der Waals surface area (Å²) in [6.45, 7) is 4.77. The summed E-state index contributed by atoms with van der Waals surface area (Å²) in [5.41, 5.74) is 0.592. The lowest BCUT2D eigenvalue weighted by atomic mass is 9.86. The van der Waals surface area contributed by atoms with E-state index in [1.807, 2.05) is 0 Å². The van der Waals surface area contributed by atoms with Crippen molar-refractivity contribution in [3.8, 4) is 6.07 Å². The van der Waals surface area contributed by atoms with Crippen LogP contribution in [0.2, 0.25) is 5.15 Å². The minimum absolute atomic E-state index is 0.127. The lowest BCUT2D eigenvalue weighted by Gasteiger charge is -2.48. The Labute approximate surface area is 140 Å². The first kappa shape index (κ1) is 16.0. The summed E-state index contributed by atoms with van der Waals surface area (Å²) >= 11 is 7.23. The van der Waals surface area contributed by atoms with Crippen LogP contribution in [0.5, 0.6) is 0 Å². The molecule has 2 saturated heterocycles. The van der Waals surface area contributed by atoms with Crippen LogP contribution in [-0.4, -0.2) is 47.7 Å². The summed E-state index contributed by atoms with van der Waals surface area (Å²) in [6.07, 6.45) is 5.96. The first-order valence-corrected chi connectivity index (χ1v) is 9.02. The average Bonchev–Trinajstić information content (AvgIpc) is 2.94. The SMILES string of the molecule is N#Cc1c(Cl)nsc1NCC1(N2CCCCC2)CCOCC1. The topological polar surface area (TPSA) is 61.2 Å². The molecule has 3 rings (SSSR count). The van der Waals surface area contributed by atoms with Crippen molar-refractivity contribution in [3.05, 3.63) is 10.7 Å². The second-order valence-electron chi connectivity index (χ2n) is 6.03. The van der Waals surface area contributed by atoms with Gasteiger partial charge in [-0.05, 0) is 50.3 Å². The summed E-state index contributed by atoms with van der Waals surface area (Å²) in [6, 6.07) is 2.14. The molecule has 0 bridgehead atoms. The smallest absolute Gasteiger partial charge is 0.162 e. The molecule has 0 atom stereocenters. The van der Waals surface area contributed by atoms with E-state index in [-0.39, 0.29) is 5.54 Å². The zero-order valence-corrected chi connectivity index (χ0v) is 14.2. The third kappa shape index (κ3) is 3.23. The van der Waals surface area contributed by atoms with Crippen LogP contribution in [0.3, 0.4) is 0 Å². The van der Waals surface area contributed by atoms with Crippen LogP contribution in [0.1, 0.15) is 37.7 Å². The lowest BCUT2D eigenvalue weighted by Crippen LogP contribution is -2.57. The van der Waals surface area contributed by atoms with E-state index < -0.39 is 0 Å². The van der Waals surface area contributed by atoms with Crippen molar-refractivity contribution in [1.29, 1.82) is 5.26 Å². The minimum atomic E-state index is 0.127. The molecule has 0 spiro atoms. The Morgan fingerprint density at radius 2 is 2.05 bits per heavy atom. The van der Waals surface area contributed by atoms with Gasteiger partial charge < -0.3 is 10.1 Å². The van der Waals surface area contributed by atoms with E-state index in [0.717, 1.165) is 50.7 Å². The summed E-state index contributed by atoms with van der Waals surface area (Å²) in [5, 5.41) is 13.7. The summed E-state index contributed by atoms with van der Waals surface area (Å²) in [7, 11) is 0. The van der Waals surface area contributed by atoms with Crippen molar-refractivity contribution in [1.82, 2.24) is 9.27 Å². The standard InChI is InChI=1S/C15H21ClN4OS/c16-13-12(10-17)14(22-19-13)18-11-15(4-8-21-9-5-15)20-6-2-1-3-7-20/h18H,1-9,11H2. The number of aromatic nitrogens is 1. The van der Waals surface area contributed by atoms with Gasteiger partial charge in [0, 0.05) is 25.3 Å². The molecule has 1 aromatic heterocycles. The van der Waals surface area contributed by atoms with Crippen LogP contribution < -0.4 is 5.32 Å². The van der Waals surface area contributed by atoms with Gasteiger partial charge >= 0.3 is 0 Å². The zero-order valence-electron chi connectivity index (χ0n) is 12.6. The maximum absolute atomic E-state index is 9.20. The van der Waals surface area contributed by atoms with E-state index >= 15 is 0 Å². The highest BCUT2D eigenvalue weighted by Gasteiger charge is 2.39. The van der Waals surface area contributed by atoms with E-state index in [2.05, 4.69) is 20.7 Å². The second-order valence-corrected chi connectivity index (χ2v) is 7.16. The maximum atomic E-state index is 9.20. The van der Waals surface area contributed by atoms with Crippen LogP contribution in [-0.2, 0) is 4.74 Å². The van der Waals surface area contributed by atoms with E-state index in [4.69, 9.17) is 16.3 Å². The lowest BCUT2D eigenvalue weighted by molar-refractivity contribution is -0.0293. The number of piperidine rings is 1. The number of ether oxygens (including phenoxy) is 1. The molecule has 2 aliphatic rings. The van der Waals surface area contributed by atoms with E-state index in [0.29, 0.717) is 10.7 Å². The highest BCUT2D eigenvalue weighted by Crippen LogP contribution is 2.33. The summed E-state index contributed by atoms with van der Waals surface area (Å²) in [4.78, 5) is 2.63. The minimum Gasteiger partial charge on any atom is -0.381 e. The van der Waals surface area contributed by atoms with Crippen molar-refractivity contribution < 1.29 is 4.74 Å². The van der Waals surface area contributed by atoms with Gasteiger partial charge in [-0.25, -0.2) is 0 Å². The van der Waals surface area contributed by atoms with Gasteiger partial charge in [0.15, 0.2) is 5.15 Å². The van der Waals surface area contributed by atoms with Gasteiger partial charge in [-0.15, -0.1) is 0 Å². The Kier molecular flexibility index (Phi) is 5.19. The third-order valence-electron chi connectivity index (χ3n) is 4.79. The number of halogens is 1. The molecule has 1 aromatic rings. The maximum Gasteiger partial charge on any atom is 0.162 e. The van der Waals surface area contributed by atoms with Crippen molar-refractivity contribution in [2.75, 3.05) is 38.2 Å². The predicted molar refractivity (Wildman–Crippen MR) is 88.5 cm³/mol. The van der Waals surface area contributed by atoms with Gasteiger partial charge in [0.1, 0.15) is 16.6 Å². The molecule has 0 unspecified atom stereocenters. The number of anilines is 1. The number of likely N-dealkylation sites (tertiary alicyclic amines) is 1. The molecular weight excluding hydrogens is 320 g/mol. The molecule has 0 saturated carbocycles. The molecule has 0 aliphatic carbocycles. The van der Waals surface area contributed by atoms with Crippen molar-refractivity contribution in [3.63, 3.8) is 0 Å². The Morgan fingerprint density at radius 3 is 2.73 bits per heavy atom. The number of nitriles is 1. The fraction of sp³-hybridized carbons (Fsp3) is 0.733. The largest absolute Gasteiger partial charge is 0.381 e. The molecule has 7 heteroatoms. The fourth-order valence-corrected chi connectivity index (χ4v) is 4.39. The molecule has 22 heavy (non-hydrogen) atoms. The second kappa shape index (κ2) is 7.14. The molecule has 120 valence electrons. The molecule has 3 heterocycles. The molecular formula is C15H21ClN4OS. The zero-order chi connectivity index (χ0) is 15.4. The van der Waals surface area contributed by atoms with Crippen LogP contribution >= 0.6 is 23.1 Å². The predicted octanol–water partition coefficient (Wildman–Crippen LogP) is 3.12. The van der Waals surface area contributed by atoms with Gasteiger partial charge in [-0.1, -0.05) is 18.0 Å². The Balaban J connectivity index is 1.74. The Morgan fingerprint density at radius 1 is 1.32 bits per heavy atom. The highest BCUT2D eigenvalue weighted by molar-refractivity contribution is 7.10. The first-order chi connectivity index (χ1) is 10.7. The number of nitrogens with zero attached hydrogens (tertiary/aromatic N) is 3. The van der Waals surface area contributed by atoms with Crippen molar-refractivity contribution in [2.24, 2.45) is 0 Å². The van der Waals surface area contributed by atoms with Crippen LogP contribution in [0.15, 0.2) is 0 Å². The Bertz CT molecular complexity index is 544. The molecule has 0 amide bonds. The van der Waals surface area contributed by atoms with E-state index in [1.165, 1.54) is 30.8 Å². The van der Waals surface area contributed by atoms with Gasteiger partial charge in [0.2, 0.25) is 0 Å². The van der Waals surface area contributed by atoms with Gasteiger partial charge in [0.25, 0.3) is 0 Å².